The van der Waals surface area contributed by atoms with Crippen LogP contribution in [0.1, 0.15) is 0 Å². The van der Waals surface area contributed by atoms with Gasteiger partial charge in [-0.3, -0.25) is 0 Å². The van der Waals surface area contributed by atoms with E-state index in [0.717, 1.165) is 23.8 Å². The maximum atomic E-state index is 14.5. The van der Waals surface area contributed by atoms with Crippen LogP contribution in [-0.4, -0.2) is 15.0 Å². The van der Waals surface area contributed by atoms with E-state index in [1.54, 1.807) is 6.20 Å². The molecule has 0 aliphatic heterocycles. The molecule has 4 rings (SSSR count). The highest BCUT2D eigenvalue weighted by molar-refractivity contribution is 5.67. The third-order valence-electron chi connectivity index (χ3n) is 4.00. The summed E-state index contributed by atoms with van der Waals surface area (Å²) < 4.78 is 44.2. The zero-order valence-corrected chi connectivity index (χ0v) is 13.4. The zero-order valence-electron chi connectivity index (χ0n) is 13.4. The summed E-state index contributed by atoms with van der Waals surface area (Å²) in [6.07, 6.45) is 1.58. The molecule has 3 aromatic carbocycles. The monoisotopic (exact) mass is 351 g/mol. The van der Waals surface area contributed by atoms with Crippen molar-refractivity contribution >= 4 is 0 Å². The van der Waals surface area contributed by atoms with E-state index < -0.39 is 23.0 Å². The van der Waals surface area contributed by atoms with Crippen molar-refractivity contribution in [2.45, 2.75) is 0 Å². The lowest BCUT2D eigenvalue weighted by atomic mass is 10.0. The second kappa shape index (κ2) is 6.48. The van der Waals surface area contributed by atoms with E-state index in [1.165, 1.54) is 22.9 Å². The van der Waals surface area contributed by atoms with Crippen molar-refractivity contribution in [3.05, 3.63) is 90.4 Å². The fourth-order valence-corrected chi connectivity index (χ4v) is 2.74. The quantitative estimate of drug-likeness (QED) is 0.519. The maximum absolute atomic E-state index is 14.5. The van der Waals surface area contributed by atoms with Gasteiger partial charge in [-0.1, -0.05) is 53.7 Å². The van der Waals surface area contributed by atoms with Gasteiger partial charge in [-0.25, -0.2) is 17.9 Å². The highest BCUT2D eigenvalue weighted by atomic mass is 19.1. The molecular formula is C20H12F3N3. The van der Waals surface area contributed by atoms with E-state index in [1.807, 2.05) is 30.3 Å². The van der Waals surface area contributed by atoms with Crippen molar-refractivity contribution in [2.75, 3.05) is 0 Å². The Balaban J connectivity index is 1.76. The largest absolute Gasteiger partial charge is 0.220 e. The number of nitrogens with zero attached hydrogens (tertiary/aromatic N) is 3. The van der Waals surface area contributed by atoms with Crippen molar-refractivity contribution in [3.8, 4) is 28.1 Å². The van der Waals surface area contributed by atoms with Crippen molar-refractivity contribution in [1.29, 1.82) is 0 Å². The van der Waals surface area contributed by atoms with Crippen LogP contribution in [0.3, 0.4) is 0 Å². The minimum atomic E-state index is -0.873. The lowest BCUT2D eigenvalue weighted by molar-refractivity contribution is 0.578. The highest BCUT2D eigenvalue weighted by Gasteiger charge is 2.17. The van der Waals surface area contributed by atoms with Crippen LogP contribution in [-0.2, 0) is 0 Å². The minimum absolute atomic E-state index is 0.127. The molecule has 0 saturated carbocycles. The molecule has 0 radical (unpaired) electrons. The fourth-order valence-electron chi connectivity index (χ4n) is 2.74. The molecule has 0 fully saturated rings. The molecule has 0 bridgehead atoms. The number of halogens is 3. The summed E-state index contributed by atoms with van der Waals surface area (Å²) in [6.45, 7) is 0. The van der Waals surface area contributed by atoms with Gasteiger partial charge in [0.25, 0.3) is 0 Å². The van der Waals surface area contributed by atoms with Gasteiger partial charge in [-0.2, -0.15) is 0 Å². The summed E-state index contributed by atoms with van der Waals surface area (Å²) >= 11 is 0. The number of aromatic nitrogens is 3. The van der Waals surface area contributed by atoms with Crippen LogP contribution in [0, 0.1) is 17.5 Å². The third kappa shape index (κ3) is 2.86. The zero-order chi connectivity index (χ0) is 18.1. The van der Waals surface area contributed by atoms with Crippen LogP contribution in [0.2, 0.25) is 0 Å². The second-order valence-corrected chi connectivity index (χ2v) is 5.68. The third-order valence-corrected chi connectivity index (χ3v) is 4.00. The molecule has 4 aromatic rings. The van der Waals surface area contributed by atoms with Gasteiger partial charge in [0.15, 0.2) is 0 Å². The Hall–Kier alpha value is -3.41. The summed E-state index contributed by atoms with van der Waals surface area (Å²) in [5, 5.41) is 7.95. The number of benzene rings is 3. The van der Waals surface area contributed by atoms with Crippen LogP contribution in [0.5, 0.6) is 0 Å². The second-order valence-electron chi connectivity index (χ2n) is 5.68. The molecule has 0 aliphatic carbocycles. The van der Waals surface area contributed by atoms with Gasteiger partial charge in [0, 0.05) is 23.3 Å². The summed E-state index contributed by atoms with van der Waals surface area (Å²) in [4.78, 5) is 0. The molecule has 0 amide bonds. The lowest BCUT2D eigenvalue weighted by Gasteiger charge is -2.09. The minimum Gasteiger partial charge on any atom is -0.220 e. The smallest absolute Gasteiger partial charge is 0.136 e. The van der Waals surface area contributed by atoms with Crippen molar-refractivity contribution in [1.82, 2.24) is 15.0 Å². The Labute approximate surface area is 147 Å². The predicted molar refractivity (Wildman–Crippen MR) is 92.1 cm³/mol. The first kappa shape index (κ1) is 16.1. The molecule has 0 saturated heterocycles. The molecule has 0 atom stereocenters. The van der Waals surface area contributed by atoms with Crippen LogP contribution < -0.4 is 0 Å². The average molecular weight is 351 g/mol. The fraction of sp³-hybridized carbons (Fsp3) is 0. The lowest BCUT2D eigenvalue weighted by Crippen LogP contribution is -2.00. The number of hydrogen-bond acceptors (Lipinski definition) is 2. The molecule has 0 spiro atoms. The van der Waals surface area contributed by atoms with Gasteiger partial charge in [-0.15, -0.1) is 5.10 Å². The molecule has 128 valence electrons. The van der Waals surface area contributed by atoms with Crippen molar-refractivity contribution < 1.29 is 13.2 Å². The summed E-state index contributed by atoms with van der Waals surface area (Å²) in [5.74, 6) is -2.44. The van der Waals surface area contributed by atoms with Crippen molar-refractivity contribution in [3.63, 3.8) is 0 Å². The number of hydrogen-bond donors (Lipinski definition) is 0. The highest BCUT2D eigenvalue weighted by Crippen LogP contribution is 2.30. The Morgan fingerprint density at radius 1 is 0.731 bits per heavy atom. The Bertz CT molecular complexity index is 1050. The molecule has 1 aromatic heterocycles. The predicted octanol–water partition coefficient (Wildman–Crippen LogP) is 5.02. The average Bonchev–Trinajstić information content (AvgIpc) is 3.14. The Kier molecular flexibility index (Phi) is 4.01. The van der Waals surface area contributed by atoms with E-state index in [9.17, 15) is 13.2 Å². The molecule has 3 nitrogen and oxygen atoms in total. The number of rotatable bonds is 3. The van der Waals surface area contributed by atoms with E-state index >= 15 is 0 Å². The van der Waals surface area contributed by atoms with E-state index in [4.69, 9.17) is 0 Å². The molecule has 26 heavy (non-hydrogen) atoms. The van der Waals surface area contributed by atoms with Gasteiger partial charge >= 0.3 is 0 Å². The van der Waals surface area contributed by atoms with Gasteiger partial charge in [-0.05, 0) is 6.07 Å². The van der Waals surface area contributed by atoms with Crippen LogP contribution >= 0.6 is 0 Å². The summed E-state index contributed by atoms with van der Waals surface area (Å²) in [7, 11) is 0. The topological polar surface area (TPSA) is 30.7 Å². The maximum Gasteiger partial charge on any atom is 0.136 e. The normalized spacial score (nSPS) is 10.9. The van der Waals surface area contributed by atoms with Crippen LogP contribution in [0.4, 0.5) is 13.2 Å². The van der Waals surface area contributed by atoms with Crippen molar-refractivity contribution in [2.24, 2.45) is 0 Å². The standard InChI is InChI=1S/C20H12F3N3/c21-16-9-5-4-8-15(16)20-17(22)10-14(11-18(20)23)26-12-19(24-25-26)13-6-2-1-3-7-13/h1-12H. The van der Waals surface area contributed by atoms with Gasteiger partial charge < -0.3 is 0 Å². The first-order valence-electron chi connectivity index (χ1n) is 7.85. The van der Waals surface area contributed by atoms with Gasteiger partial charge in [0.2, 0.25) is 0 Å². The van der Waals surface area contributed by atoms with Crippen LogP contribution in [0.15, 0.2) is 72.9 Å². The summed E-state index contributed by atoms with van der Waals surface area (Å²) in [5.41, 5.74) is 1.04. The van der Waals surface area contributed by atoms with Gasteiger partial charge in [0.1, 0.15) is 23.1 Å². The van der Waals surface area contributed by atoms with Gasteiger partial charge in [0.05, 0.1) is 17.4 Å². The Morgan fingerprint density at radius 2 is 1.38 bits per heavy atom. The molecule has 0 aliphatic rings. The molecule has 1 heterocycles. The summed E-state index contributed by atoms with van der Waals surface area (Å²) in [6, 6.07) is 17.0. The first-order valence-corrected chi connectivity index (χ1v) is 7.85. The van der Waals surface area contributed by atoms with E-state index in [2.05, 4.69) is 10.3 Å². The van der Waals surface area contributed by atoms with E-state index in [0.29, 0.717) is 5.69 Å². The molecule has 0 N–H and O–H groups in total. The SMILES string of the molecule is Fc1ccccc1-c1c(F)cc(-n2cc(-c3ccccc3)nn2)cc1F. The molecular weight excluding hydrogens is 339 g/mol. The first-order chi connectivity index (χ1) is 12.6. The Morgan fingerprint density at radius 3 is 2.08 bits per heavy atom. The molecule has 0 unspecified atom stereocenters. The molecule has 6 heteroatoms. The van der Waals surface area contributed by atoms with E-state index in [-0.39, 0.29) is 11.3 Å². The van der Waals surface area contributed by atoms with Crippen LogP contribution in [0.25, 0.3) is 28.1 Å².